The first-order valence-electron chi connectivity index (χ1n) is 6.50. The predicted octanol–water partition coefficient (Wildman–Crippen LogP) is 2.70. The fraction of sp³-hybridized carbons (Fsp3) is 0.0625. The molecular formula is C16H13N5. The van der Waals surface area contributed by atoms with Crippen LogP contribution in [0.25, 0.3) is 10.9 Å². The molecule has 0 saturated heterocycles. The van der Waals surface area contributed by atoms with Gasteiger partial charge < -0.3 is 11.1 Å². The maximum atomic E-state index is 8.97. The third-order valence-corrected chi connectivity index (χ3v) is 3.27. The van der Waals surface area contributed by atoms with Gasteiger partial charge >= 0.3 is 0 Å². The smallest absolute Gasteiger partial charge is 0.150 e. The maximum absolute atomic E-state index is 8.97. The van der Waals surface area contributed by atoms with E-state index in [-0.39, 0.29) is 0 Å². The van der Waals surface area contributed by atoms with Crippen LogP contribution >= 0.6 is 0 Å². The Hall–Kier alpha value is -3.13. The summed E-state index contributed by atoms with van der Waals surface area (Å²) < 4.78 is 0. The molecule has 0 unspecified atom stereocenters. The standard InChI is InChI=1S/C16H13N5/c17-9-12-6-8-20-16(14(12)18)21-10-13-4-1-3-11-5-2-7-19-15(11)13/h1-8H,10,18H2,(H,20,21). The highest BCUT2D eigenvalue weighted by Gasteiger charge is 2.07. The van der Waals surface area contributed by atoms with E-state index in [1.807, 2.05) is 36.4 Å². The summed E-state index contributed by atoms with van der Waals surface area (Å²) in [4.78, 5) is 8.58. The Kier molecular flexibility index (Phi) is 3.36. The van der Waals surface area contributed by atoms with Gasteiger partial charge in [-0.3, -0.25) is 4.98 Å². The molecule has 0 atom stereocenters. The largest absolute Gasteiger partial charge is 0.395 e. The molecule has 0 aliphatic heterocycles. The molecule has 3 aromatic rings. The lowest BCUT2D eigenvalue weighted by molar-refractivity contribution is 1.12. The first-order chi connectivity index (χ1) is 10.3. The summed E-state index contributed by atoms with van der Waals surface area (Å²) >= 11 is 0. The molecule has 21 heavy (non-hydrogen) atoms. The topological polar surface area (TPSA) is 87.6 Å². The minimum Gasteiger partial charge on any atom is -0.395 e. The molecule has 3 rings (SSSR count). The van der Waals surface area contributed by atoms with Gasteiger partial charge in [0.1, 0.15) is 6.07 Å². The van der Waals surface area contributed by atoms with Gasteiger partial charge in [0.15, 0.2) is 5.82 Å². The fourth-order valence-corrected chi connectivity index (χ4v) is 2.20. The average molecular weight is 275 g/mol. The quantitative estimate of drug-likeness (QED) is 0.767. The second-order valence-corrected chi connectivity index (χ2v) is 4.58. The molecule has 1 aromatic carbocycles. The van der Waals surface area contributed by atoms with Gasteiger partial charge in [-0.1, -0.05) is 24.3 Å². The summed E-state index contributed by atoms with van der Waals surface area (Å²) in [5.74, 6) is 0.516. The summed E-state index contributed by atoms with van der Waals surface area (Å²) in [6.07, 6.45) is 3.34. The molecule has 5 nitrogen and oxygen atoms in total. The molecule has 0 saturated carbocycles. The number of nitrogen functional groups attached to an aromatic ring is 1. The number of fused-ring (bicyclic) bond motifs is 1. The number of para-hydroxylation sites is 1. The van der Waals surface area contributed by atoms with Crippen molar-refractivity contribution in [2.45, 2.75) is 6.54 Å². The van der Waals surface area contributed by atoms with Gasteiger partial charge in [-0.15, -0.1) is 0 Å². The zero-order valence-electron chi connectivity index (χ0n) is 11.2. The Morgan fingerprint density at radius 2 is 1.95 bits per heavy atom. The van der Waals surface area contributed by atoms with E-state index in [1.165, 1.54) is 0 Å². The summed E-state index contributed by atoms with van der Waals surface area (Å²) in [7, 11) is 0. The molecular weight excluding hydrogens is 262 g/mol. The third-order valence-electron chi connectivity index (χ3n) is 3.27. The van der Waals surface area contributed by atoms with Gasteiger partial charge in [-0.25, -0.2) is 4.98 Å². The van der Waals surface area contributed by atoms with Crippen LogP contribution in [0.3, 0.4) is 0 Å². The first-order valence-corrected chi connectivity index (χ1v) is 6.50. The molecule has 0 bridgehead atoms. The molecule has 0 fully saturated rings. The molecule has 2 aromatic heterocycles. The van der Waals surface area contributed by atoms with Crippen LogP contribution in [0.2, 0.25) is 0 Å². The van der Waals surface area contributed by atoms with E-state index in [4.69, 9.17) is 11.0 Å². The number of aromatic nitrogens is 2. The van der Waals surface area contributed by atoms with E-state index >= 15 is 0 Å². The highest BCUT2D eigenvalue weighted by atomic mass is 15.0. The van der Waals surface area contributed by atoms with Gasteiger partial charge in [0.05, 0.1) is 16.8 Å². The van der Waals surface area contributed by atoms with Crippen molar-refractivity contribution in [1.82, 2.24) is 9.97 Å². The lowest BCUT2D eigenvalue weighted by Gasteiger charge is -2.10. The van der Waals surface area contributed by atoms with Crippen molar-refractivity contribution in [3.8, 4) is 6.07 Å². The minimum atomic E-state index is 0.369. The number of rotatable bonds is 3. The summed E-state index contributed by atoms with van der Waals surface area (Å²) in [6, 6.07) is 13.6. The van der Waals surface area contributed by atoms with Crippen LogP contribution in [0.15, 0.2) is 48.8 Å². The molecule has 5 heteroatoms. The number of nitrogens with two attached hydrogens (primary N) is 1. The molecule has 0 aliphatic carbocycles. The molecule has 0 amide bonds. The molecule has 3 N–H and O–H groups in total. The van der Waals surface area contributed by atoms with Gasteiger partial charge in [-0.2, -0.15) is 5.26 Å². The molecule has 2 heterocycles. The van der Waals surface area contributed by atoms with Crippen molar-refractivity contribution in [2.24, 2.45) is 0 Å². The van der Waals surface area contributed by atoms with Crippen LogP contribution in [0.5, 0.6) is 0 Å². The van der Waals surface area contributed by atoms with Crippen LogP contribution in [0.1, 0.15) is 11.1 Å². The average Bonchev–Trinajstić information content (AvgIpc) is 2.54. The van der Waals surface area contributed by atoms with Crippen molar-refractivity contribution in [3.63, 3.8) is 0 Å². The molecule has 102 valence electrons. The van der Waals surface area contributed by atoms with Crippen molar-refractivity contribution in [1.29, 1.82) is 5.26 Å². The normalized spacial score (nSPS) is 10.2. The SMILES string of the molecule is N#Cc1ccnc(NCc2cccc3cccnc23)c1N. The van der Waals surface area contributed by atoms with Gasteiger partial charge in [0.25, 0.3) is 0 Å². The number of nitrogens with zero attached hydrogens (tertiary/aromatic N) is 3. The maximum Gasteiger partial charge on any atom is 0.150 e. The van der Waals surface area contributed by atoms with Crippen LogP contribution in [0.4, 0.5) is 11.5 Å². The van der Waals surface area contributed by atoms with Crippen LogP contribution in [-0.2, 0) is 6.54 Å². The van der Waals surface area contributed by atoms with Crippen molar-refractivity contribution >= 4 is 22.4 Å². The van der Waals surface area contributed by atoms with Crippen molar-refractivity contribution < 1.29 is 0 Å². The number of pyridine rings is 2. The second kappa shape index (κ2) is 5.47. The number of hydrogen-bond acceptors (Lipinski definition) is 5. The van der Waals surface area contributed by atoms with Crippen LogP contribution in [-0.4, -0.2) is 9.97 Å². The number of nitrogens with one attached hydrogen (secondary N) is 1. The van der Waals surface area contributed by atoms with Crippen LogP contribution in [0, 0.1) is 11.3 Å². The third kappa shape index (κ3) is 2.47. The second-order valence-electron chi connectivity index (χ2n) is 4.58. The Morgan fingerprint density at radius 3 is 2.81 bits per heavy atom. The Labute approximate surface area is 122 Å². The fourth-order valence-electron chi connectivity index (χ4n) is 2.20. The Bertz CT molecular complexity index is 830. The predicted molar refractivity (Wildman–Crippen MR) is 82.4 cm³/mol. The number of nitriles is 1. The number of benzene rings is 1. The van der Waals surface area contributed by atoms with Gasteiger partial charge in [0, 0.05) is 24.3 Å². The monoisotopic (exact) mass is 275 g/mol. The van der Waals surface area contributed by atoms with E-state index in [1.54, 1.807) is 18.5 Å². The lowest BCUT2D eigenvalue weighted by Crippen LogP contribution is -2.06. The lowest BCUT2D eigenvalue weighted by atomic mass is 10.1. The highest BCUT2D eigenvalue weighted by molar-refractivity contribution is 5.82. The van der Waals surface area contributed by atoms with E-state index in [0.29, 0.717) is 23.6 Å². The molecule has 0 aliphatic rings. The van der Waals surface area contributed by atoms with Crippen molar-refractivity contribution in [3.05, 3.63) is 59.9 Å². The summed E-state index contributed by atoms with van der Waals surface area (Å²) in [6.45, 7) is 0.542. The first kappa shape index (κ1) is 12.9. The van der Waals surface area contributed by atoms with Gasteiger partial charge in [-0.05, 0) is 17.7 Å². The van der Waals surface area contributed by atoms with E-state index in [9.17, 15) is 0 Å². The van der Waals surface area contributed by atoms with Crippen molar-refractivity contribution in [2.75, 3.05) is 11.1 Å². The summed E-state index contributed by atoms with van der Waals surface area (Å²) in [5, 5.41) is 13.2. The van der Waals surface area contributed by atoms with Gasteiger partial charge in [0.2, 0.25) is 0 Å². The van der Waals surface area contributed by atoms with Crippen LogP contribution < -0.4 is 11.1 Å². The molecule has 0 radical (unpaired) electrons. The minimum absolute atomic E-state index is 0.369. The molecule has 0 spiro atoms. The number of anilines is 2. The zero-order valence-corrected chi connectivity index (χ0v) is 11.2. The number of hydrogen-bond donors (Lipinski definition) is 2. The Balaban J connectivity index is 1.89. The highest BCUT2D eigenvalue weighted by Crippen LogP contribution is 2.21. The van der Waals surface area contributed by atoms with E-state index in [2.05, 4.69) is 15.3 Å². The Morgan fingerprint density at radius 1 is 1.10 bits per heavy atom. The van der Waals surface area contributed by atoms with E-state index < -0.39 is 0 Å². The zero-order chi connectivity index (χ0) is 14.7. The summed E-state index contributed by atoms with van der Waals surface area (Å²) in [5.41, 5.74) is 8.70. The van der Waals surface area contributed by atoms with E-state index in [0.717, 1.165) is 16.5 Å².